The third kappa shape index (κ3) is 3.43. The van der Waals surface area contributed by atoms with Crippen molar-refractivity contribution in [2.45, 2.75) is 19.9 Å². The van der Waals surface area contributed by atoms with Gasteiger partial charge in [0.25, 0.3) is 0 Å². The molecule has 1 aromatic carbocycles. The SMILES string of the molecule is CCN(CC)C(C(=O)Nc1nccs1)c1ccccc1. The van der Waals surface area contributed by atoms with Crippen LogP contribution < -0.4 is 5.32 Å². The second kappa shape index (κ2) is 7.17. The highest BCUT2D eigenvalue weighted by Crippen LogP contribution is 2.23. The highest BCUT2D eigenvalue weighted by molar-refractivity contribution is 7.13. The summed E-state index contributed by atoms with van der Waals surface area (Å²) in [5.74, 6) is -0.0325. The number of anilines is 1. The molecule has 0 spiro atoms. The van der Waals surface area contributed by atoms with Crippen LogP contribution in [0.25, 0.3) is 0 Å². The van der Waals surface area contributed by atoms with E-state index in [0.717, 1.165) is 18.7 Å². The van der Waals surface area contributed by atoms with E-state index in [1.165, 1.54) is 11.3 Å². The van der Waals surface area contributed by atoms with Crippen LogP contribution in [0, 0.1) is 0 Å². The van der Waals surface area contributed by atoms with Crippen molar-refractivity contribution >= 4 is 22.4 Å². The minimum Gasteiger partial charge on any atom is -0.300 e. The van der Waals surface area contributed by atoms with Crippen molar-refractivity contribution < 1.29 is 4.79 Å². The Labute approximate surface area is 123 Å². The molecule has 0 fully saturated rings. The second-order valence-corrected chi connectivity index (χ2v) is 5.26. The van der Waals surface area contributed by atoms with Gasteiger partial charge in [0, 0.05) is 11.6 Å². The van der Waals surface area contributed by atoms with Crippen LogP contribution >= 0.6 is 11.3 Å². The average Bonchev–Trinajstić information content (AvgIpc) is 2.98. The molecule has 5 heteroatoms. The Morgan fingerprint density at radius 1 is 1.30 bits per heavy atom. The zero-order valence-corrected chi connectivity index (χ0v) is 12.6. The van der Waals surface area contributed by atoms with E-state index in [-0.39, 0.29) is 11.9 Å². The van der Waals surface area contributed by atoms with Crippen molar-refractivity contribution in [2.24, 2.45) is 0 Å². The standard InChI is InChI=1S/C15H19N3OS/c1-3-18(4-2)13(12-8-6-5-7-9-12)14(19)17-15-16-10-11-20-15/h5-11,13H,3-4H2,1-2H3,(H,16,17,19). The van der Waals surface area contributed by atoms with Crippen LogP contribution in [0.3, 0.4) is 0 Å². The molecule has 1 amide bonds. The smallest absolute Gasteiger partial charge is 0.248 e. The number of carbonyl (C=O) groups is 1. The van der Waals surface area contributed by atoms with Crippen LogP contribution in [0.2, 0.25) is 0 Å². The molecule has 0 aliphatic heterocycles. The van der Waals surface area contributed by atoms with E-state index in [4.69, 9.17) is 0 Å². The van der Waals surface area contributed by atoms with Gasteiger partial charge in [0.15, 0.2) is 5.13 Å². The first kappa shape index (κ1) is 14.7. The van der Waals surface area contributed by atoms with Gasteiger partial charge in [-0.25, -0.2) is 4.98 Å². The normalized spacial score (nSPS) is 12.3. The average molecular weight is 289 g/mol. The first-order valence-electron chi connectivity index (χ1n) is 6.75. The molecule has 2 rings (SSSR count). The molecule has 0 bridgehead atoms. The maximum absolute atomic E-state index is 12.6. The van der Waals surface area contributed by atoms with E-state index in [9.17, 15) is 4.79 Å². The molecule has 1 aromatic heterocycles. The quantitative estimate of drug-likeness (QED) is 0.888. The van der Waals surface area contributed by atoms with Gasteiger partial charge in [-0.15, -0.1) is 11.3 Å². The van der Waals surface area contributed by atoms with Crippen LogP contribution in [0.5, 0.6) is 0 Å². The Balaban J connectivity index is 2.24. The minimum atomic E-state index is -0.282. The Hall–Kier alpha value is -1.72. The number of rotatable bonds is 6. The molecule has 1 unspecified atom stereocenters. The van der Waals surface area contributed by atoms with E-state index in [1.54, 1.807) is 6.20 Å². The molecule has 0 aliphatic rings. The zero-order chi connectivity index (χ0) is 14.4. The largest absolute Gasteiger partial charge is 0.300 e. The summed E-state index contributed by atoms with van der Waals surface area (Å²) in [6.45, 7) is 5.77. The number of amides is 1. The highest BCUT2D eigenvalue weighted by Gasteiger charge is 2.26. The fraction of sp³-hybridized carbons (Fsp3) is 0.333. The Morgan fingerprint density at radius 2 is 2.00 bits per heavy atom. The summed E-state index contributed by atoms with van der Waals surface area (Å²) in [4.78, 5) is 18.8. The molecular weight excluding hydrogens is 270 g/mol. The van der Waals surface area contributed by atoms with E-state index < -0.39 is 0 Å². The van der Waals surface area contributed by atoms with Crippen molar-refractivity contribution in [1.82, 2.24) is 9.88 Å². The summed E-state index contributed by atoms with van der Waals surface area (Å²) < 4.78 is 0. The summed E-state index contributed by atoms with van der Waals surface area (Å²) in [6.07, 6.45) is 1.69. The summed E-state index contributed by atoms with van der Waals surface area (Å²) in [5, 5.41) is 5.39. The molecule has 106 valence electrons. The van der Waals surface area contributed by atoms with Gasteiger partial charge in [-0.3, -0.25) is 9.69 Å². The van der Waals surface area contributed by atoms with Crippen molar-refractivity contribution in [3.05, 3.63) is 47.5 Å². The van der Waals surface area contributed by atoms with Crippen molar-refractivity contribution in [3.63, 3.8) is 0 Å². The molecule has 0 saturated carbocycles. The van der Waals surface area contributed by atoms with Crippen LogP contribution in [0.1, 0.15) is 25.5 Å². The minimum absolute atomic E-state index is 0.0325. The molecule has 20 heavy (non-hydrogen) atoms. The van der Waals surface area contributed by atoms with Crippen LogP contribution in [-0.2, 0) is 4.79 Å². The van der Waals surface area contributed by atoms with Crippen LogP contribution in [-0.4, -0.2) is 28.9 Å². The first-order valence-corrected chi connectivity index (χ1v) is 7.63. The van der Waals surface area contributed by atoms with Crippen molar-refractivity contribution in [3.8, 4) is 0 Å². The number of hydrogen-bond acceptors (Lipinski definition) is 4. The molecular formula is C15H19N3OS. The summed E-state index contributed by atoms with van der Waals surface area (Å²) >= 11 is 1.43. The van der Waals surface area contributed by atoms with Gasteiger partial charge in [0.2, 0.25) is 5.91 Å². The number of thiazole rings is 1. The summed E-state index contributed by atoms with van der Waals surface area (Å²) in [5.41, 5.74) is 1.00. The Morgan fingerprint density at radius 3 is 2.55 bits per heavy atom. The number of aromatic nitrogens is 1. The second-order valence-electron chi connectivity index (χ2n) is 4.36. The topological polar surface area (TPSA) is 45.2 Å². The van der Waals surface area contributed by atoms with Gasteiger partial charge < -0.3 is 5.32 Å². The van der Waals surface area contributed by atoms with Crippen LogP contribution in [0.4, 0.5) is 5.13 Å². The molecule has 4 nitrogen and oxygen atoms in total. The van der Waals surface area contributed by atoms with E-state index in [0.29, 0.717) is 5.13 Å². The molecule has 1 atom stereocenters. The lowest BCUT2D eigenvalue weighted by molar-refractivity contribution is -0.121. The number of nitrogens with one attached hydrogen (secondary N) is 1. The third-order valence-electron chi connectivity index (χ3n) is 3.20. The molecule has 0 radical (unpaired) electrons. The van der Waals surface area contributed by atoms with Gasteiger partial charge in [-0.1, -0.05) is 44.2 Å². The fourth-order valence-corrected chi connectivity index (χ4v) is 2.74. The van der Waals surface area contributed by atoms with E-state index in [2.05, 4.69) is 29.0 Å². The number of nitrogens with zero attached hydrogens (tertiary/aromatic N) is 2. The number of carbonyl (C=O) groups excluding carboxylic acids is 1. The molecule has 2 aromatic rings. The number of likely N-dealkylation sites (N-methyl/N-ethyl adjacent to an activating group) is 1. The molecule has 1 heterocycles. The van der Waals surface area contributed by atoms with Crippen LogP contribution in [0.15, 0.2) is 41.9 Å². The van der Waals surface area contributed by atoms with Gasteiger partial charge >= 0.3 is 0 Å². The van der Waals surface area contributed by atoms with Crippen molar-refractivity contribution in [2.75, 3.05) is 18.4 Å². The van der Waals surface area contributed by atoms with Gasteiger partial charge in [-0.05, 0) is 18.7 Å². The number of hydrogen-bond donors (Lipinski definition) is 1. The summed E-state index contributed by atoms with van der Waals surface area (Å²) in [6, 6.07) is 9.58. The maximum Gasteiger partial charge on any atom is 0.248 e. The monoisotopic (exact) mass is 289 g/mol. The lowest BCUT2D eigenvalue weighted by atomic mass is 10.0. The summed E-state index contributed by atoms with van der Waals surface area (Å²) in [7, 11) is 0. The first-order chi connectivity index (χ1) is 9.76. The fourth-order valence-electron chi connectivity index (χ4n) is 2.21. The van der Waals surface area contributed by atoms with Gasteiger partial charge in [0.05, 0.1) is 0 Å². The van der Waals surface area contributed by atoms with E-state index in [1.807, 2.05) is 35.7 Å². The van der Waals surface area contributed by atoms with Crippen molar-refractivity contribution in [1.29, 1.82) is 0 Å². The predicted octanol–water partition coefficient (Wildman–Crippen LogP) is 3.16. The third-order valence-corrected chi connectivity index (χ3v) is 3.89. The predicted molar refractivity (Wildman–Crippen MR) is 82.8 cm³/mol. The lowest BCUT2D eigenvalue weighted by Crippen LogP contribution is -2.37. The molecule has 0 aliphatic carbocycles. The van der Waals surface area contributed by atoms with E-state index >= 15 is 0 Å². The zero-order valence-electron chi connectivity index (χ0n) is 11.7. The highest BCUT2D eigenvalue weighted by atomic mass is 32.1. The van der Waals surface area contributed by atoms with Gasteiger partial charge in [-0.2, -0.15) is 0 Å². The Kier molecular flexibility index (Phi) is 5.26. The van der Waals surface area contributed by atoms with Gasteiger partial charge in [0.1, 0.15) is 6.04 Å². The number of benzene rings is 1. The Bertz CT molecular complexity index is 523. The molecule has 1 N–H and O–H groups in total. The molecule has 0 saturated heterocycles. The lowest BCUT2D eigenvalue weighted by Gasteiger charge is -2.28. The maximum atomic E-state index is 12.6.